The molecule has 0 spiro atoms. The van der Waals surface area contributed by atoms with Crippen LogP contribution in [-0.4, -0.2) is 13.1 Å². The van der Waals surface area contributed by atoms with Crippen LogP contribution in [0.2, 0.25) is 0 Å². The minimum Gasteiger partial charge on any atom is -0.371 e. The van der Waals surface area contributed by atoms with E-state index in [-0.39, 0.29) is 0 Å². The van der Waals surface area contributed by atoms with Crippen LogP contribution in [0.15, 0.2) is 18.2 Å². The van der Waals surface area contributed by atoms with E-state index in [2.05, 4.69) is 37.1 Å². The number of hydrogen-bond acceptors (Lipinski definition) is 1. The Morgan fingerprint density at radius 1 is 1.40 bits per heavy atom. The van der Waals surface area contributed by atoms with Crippen LogP contribution in [0.25, 0.3) is 0 Å². The molecule has 1 saturated carbocycles. The fourth-order valence-electron chi connectivity index (χ4n) is 2.17. The fraction of sp³-hybridized carbons (Fsp3) is 0.538. The van der Waals surface area contributed by atoms with E-state index in [0.29, 0.717) is 5.88 Å². The van der Waals surface area contributed by atoms with E-state index in [1.165, 1.54) is 36.1 Å². The highest BCUT2D eigenvalue weighted by molar-refractivity contribution is 6.17. The third kappa shape index (κ3) is 2.12. The lowest BCUT2D eigenvalue weighted by molar-refractivity contribution is 0.401. The number of nitrogens with zero attached hydrogens (tertiary/aromatic N) is 1. The van der Waals surface area contributed by atoms with E-state index in [9.17, 15) is 0 Å². The Labute approximate surface area is 97.0 Å². The van der Waals surface area contributed by atoms with E-state index in [1.54, 1.807) is 0 Å². The first-order valence-electron chi connectivity index (χ1n) is 5.60. The maximum atomic E-state index is 5.82. The van der Waals surface area contributed by atoms with Crippen LogP contribution < -0.4 is 4.90 Å². The SMILES string of the molecule is Cc1cc(CCl)ccc1N(C)C1CCC1. The lowest BCUT2D eigenvalue weighted by Crippen LogP contribution is -2.37. The van der Waals surface area contributed by atoms with Gasteiger partial charge in [-0.05, 0) is 43.4 Å². The molecule has 0 atom stereocenters. The van der Waals surface area contributed by atoms with Crippen LogP contribution in [0.4, 0.5) is 5.69 Å². The van der Waals surface area contributed by atoms with E-state index in [4.69, 9.17) is 11.6 Å². The minimum atomic E-state index is 0.605. The molecule has 1 fully saturated rings. The van der Waals surface area contributed by atoms with Crippen LogP contribution in [0.1, 0.15) is 30.4 Å². The standard InChI is InChI=1S/C13H18ClN/c1-10-8-11(9-14)6-7-13(10)15(2)12-4-3-5-12/h6-8,12H,3-5,9H2,1-2H3. The molecule has 1 aromatic rings. The molecule has 0 unspecified atom stereocenters. The van der Waals surface area contributed by atoms with Gasteiger partial charge in [-0.3, -0.25) is 0 Å². The summed E-state index contributed by atoms with van der Waals surface area (Å²) in [5, 5.41) is 0. The predicted molar refractivity (Wildman–Crippen MR) is 66.8 cm³/mol. The van der Waals surface area contributed by atoms with Crippen LogP contribution in [0.5, 0.6) is 0 Å². The largest absolute Gasteiger partial charge is 0.371 e. The number of benzene rings is 1. The monoisotopic (exact) mass is 223 g/mol. The van der Waals surface area contributed by atoms with Crippen LogP contribution in [0.3, 0.4) is 0 Å². The molecule has 2 rings (SSSR count). The fourth-order valence-corrected chi connectivity index (χ4v) is 2.33. The van der Waals surface area contributed by atoms with Crippen molar-refractivity contribution < 1.29 is 0 Å². The number of rotatable bonds is 3. The Morgan fingerprint density at radius 3 is 2.60 bits per heavy atom. The zero-order valence-electron chi connectivity index (χ0n) is 9.46. The second-order valence-electron chi connectivity index (χ2n) is 4.45. The van der Waals surface area contributed by atoms with Gasteiger partial charge in [-0.2, -0.15) is 0 Å². The lowest BCUT2D eigenvalue weighted by Gasteiger charge is -2.37. The van der Waals surface area contributed by atoms with Crippen molar-refractivity contribution >= 4 is 17.3 Å². The van der Waals surface area contributed by atoms with Gasteiger partial charge in [0.2, 0.25) is 0 Å². The molecule has 0 bridgehead atoms. The van der Waals surface area contributed by atoms with E-state index in [1.807, 2.05) is 0 Å². The number of halogens is 1. The summed E-state index contributed by atoms with van der Waals surface area (Å²) < 4.78 is 0. The van der Waals surface area contributed by atoms with Gasteiger partial charge in [0.1, 0.15) is 0 Å². The van der Waals surface area contributed by atoms with E-state index >= 15 is 0 Å². The molecule has 1 aliphatic rings. The van der Waals surface area contributed by atoms with Crippen molar-refractivity contribution in [2.75, 3.05) is 11.9 Å². The second-order valence-corrected chi connectivity index (χ2v) is 4.72. The van der Waals surface area contributed by atoms with Gasteiger partial charge < -0.3 is 4.90 Å². The quantitative estimate of drug-likeness (QED) is 0.706. The molecule has 0 saturated heterocycles. The predicted octanol–water partition coefficient (Wildman–Crippen LogP) is 3.72. The van der Waals surface area contributed by atoms with Crippen molar-refractivity contribution in [1.29, 1.82) is 0 Å². The summed E-state index contributed by atoms with van der Waals surface area (Å²) in [6, 6.07) is 7.28. The van der Waals surface area contributed by atoms with Crippen molar-refractivity contribution in [3.8, 4) is 0 Å². The molecule has 0 radical (unpaired) electrons. The van der Waals surface area contributed by atoms with Crippen molar-refractivity contribution in [3.05, 3.63) is 29.3 Å². The molecule has 0 aliphatic heterocycles. The molecule has 1 aliphatic carbocycles. The average molecular weight is 224 g/mol. The highest BCUT2D eigenvalue weighted by Gasteiger charge is 2.22. The lowest BCUT2D eigenvalue weighted by atomic mass is 9.91. The molecule has 15 heavy (non-hydrogen) atoms. The van der Waals surface area contributed by atoms with Crippen LogP contribution in [0, 0.1) is 6.92 Å². The molecule has 2 heteroatoms. The number of hydrogen-bond donors (Lipinski definition) is 0. The first-order chi connectivity index (χ1) is 7.22. The highest BCUT2D eigenvalue weighted by atomic mass is 35.5. The van der Waals surface area contributed by atoms with Gasteiger partial charge in [0.05, 0.1) is 0 Å². The summed E-state index contributed by atoms with van der Waals surface area (Å²) in [5.74, 6) is 0.605. The normalized spacial score (nSPS) is 16.2. The molecule has 0 aromatic heterocycles. The van der Waals surface area contributed by atoms with Gasteiger partial charge >= 0.3 is 0 Å². The van der Waals surface area contributed by atoms with Gasteiger partial charge in [-0.1, -0.05) is 12.1 Å². The zero-order chi connectivity index (χ0) is 10.8. The summed E-state index contributed by atoms with van der Waals surface area (Å²) in [7, 11) is 2.20. The first kappa shape index (κ1) is 10.8. The molecule has 0 heterocycles. The van der Waals surface area contributed by atoms with Crippen LogP contribution >= 0.6 is 11.6 Å². The van der Waals surface area contributed by atoms with Crippen molar-refractivity contribution in [2.45, 2.75) is 38.1 Å². The first-order valence-corrected chi connectivity index (χ1v) is 6.14. The van der Waals surface area contributed by atoms with Gasteiger partial charge in [0.25, 0.3) is 0 Å². The summed E-state index contributed by atoms with van der Waals surface area (Å²) >= 11 is 5.82. The maximum absolute atomic E-state index is 5.82. The molecule has 1 nitrogen and oxygen atoms in total. The molecular weight excluding hydrogens is 206 g/mol. The number of alkyl halides is 1. The molecule has 82 valence electrons. The summed E-state index contributed by atoms with van der Waals surface area (Å²) in [6.07, 6.45) is 4.06. The Balaban J connectivity index is 2.19. The second kappa shape index (κ2) is 4.44. The summed E-state index contributed by atoms with van der Waals surface area (Å²) in [5.41, 5.74) is 3.90. The molecule has 0 amide bonds. The topological polar surface area (TPSA) is 3.24 Å². The summed E-state index contributed by atoms with van der Waals surface area (Å²) in [4.78, 5) is 2.41. The Hall–Kier alpha value is -0.690. The van der Waals surface area contributed by atoms with Gasteiger partial charge in [0, 0.05) is 24.7 Å². The number of anilines is 1. The average Bonchev–Trinajstić information content (AvgIpc) is 2.14. The third-order valence-corrected chi connectivity index (χ3v) is 3.73. The Bertz CT molecular complexity index is 344. The Morgan fingerprint density at radius 2 is 2.13 bits per heavy atom. The van der Waals surface area contributed by atoms with Crippen molar-refractivity contribution in [3.63, 3.8) is 0 Å². The van der Waals surface area contributed by atoms with Crippen molar-refractivity contribution in [2.24, 2.45) is 0 Å². The maximum Gasteiger partial charge on any atom is 0.0474 e. The highest BCUT2D eigenvalue weighted by Crippen LogP contribution is 2.30. The zero-order valence-corrected chi connectivity index (χ0v) is 10.2. The van der Waals surface area contributed by atoms with Crippen LogP contribution in [-0.2, 0) is 5.88 Å². The number of aryl methyl sites for hydroxylation is 1. The van der Waals surface area contributed by atoms with E-state index in [0.717, 1.165) is 6.04 Å². The van der Waals surface area contributed by atoms with E-state index < -0.39 is 0 Å². The molecule has 0 N–H and O–H groups in total. The third-order valence-electron chi connectivity index (χ3n) is 3.42. The van der Waals surface area contributed by atoms with Gasteiger partial charge in [-0.15, -0.1) is 11.6 Å². The van der Waals surface area contributed by atoms with Crippen molar-refractivity contribution in [1.82, 2.24) is 0 Å². The summed E-state index contributed by atoms with van der Waals surface area (Å²) in [6.45, 7) is 2.17. The molecule has 1 aromatic carbocycles. The smallest absolute Gasteiger partial charge is 0.0474 e. The van der Waals surface area contributed by atoms with Gasteiger partial charge in [0.15, 0.2) is 0 Å². The Kier molecular flexibility index (Phi) is 3.20. The molecular formula is C13H18ClN. The van der Waals surface area contributed by atoms with Gasteiger partial charge in [-0.25, -0.2) is 0 Å². The minimum absolute atomic E-state index is 0.605.